The van der Waals surface area contributed by atoms with Crippen LogP contribution in [0.15, 0.2) is 54.6 Å². The summed E-state index contributed by atoms with van der Waals surface area (Å²) in [5.41, 5.74) is 9.52. The molecule has 0 amide bonds. The minimum atomic E-state index is 0.706. The van der Waals surface area contributed by atoms with Gasteiger partial charge in [-0.1, -0.05) is 42.5 Å². The van der Waals surface area contributed by atoms with Crippen molar-refractivity contribution in [3.05, 3.63) is 65.7 Å². The Morgan fingerprint density at radius 1 is 1.05 bits per heavy atom. The van der Waals surface area contributed by atoms with Crippen LogP contribution in [0.2, 0.25) is 0 Å². The number of nitrogens with zero attached hydrogens (tertiary/aromatic N) is 1. The highest BCUT2D eigenvalue weighted by Crippen LogP contribution is 2.26. The van der Waals surface area contributed by atoms with E-state index in [0.29, 0.717) is 5.92 Å². The molecule has 1 heterocycles. The SMILES string of the molecule is Nc1cccc(CCN2CCC(c3ccccc3)C2)c1. The van der Waals surface area contributed by atoms with E-state index in [0.717, 1.165) is 18.7 Å². The van der Waals surface area contributed by atoms with Gasteiger partial charge in [0.2, 0.25) is 0 Å². The molecule has 2 heteroatoms. The topological polar surface area (TPSA) is 29.3 Å². The molecular weight excluding hydrogens is 244 g/mol. The van der Waals surface area contributed by atoms with E-state index in [1.54, 1.807) is 0 Å². The van der Waals surface area contributed by atoms with Crippen LogP contribution in [0.3, 0.4) is 0 Å². The van der Waals surface area contributed by atoms with Gasteiger partial charge < -0.3 is 10.6 Å². The van der Waals surface area contributed by atoms with Crippen molar-refractivity contribution < 1.29 is 0 Å². The van der Waals surface area contributed by atoms with Gasteiger partial charge in [0.15, 0.2) is 0 Å². The summed E-state index contributed by atoms with van der Waals surface area (Å²) >= 11 is 0. The Balaban J connectivity index is 1.53. The van der Waals surface area contributed by atoms with Crippen LogP contribution in [0.25, 0.3) is 0 Å². The average Bonchev–Trinajstić information content (AvgIpc) is 2.95. The molecule has 0 radical (unpaired) electrons. The highest BCUT2D eigenvalue weighted by molar-refractivity contribution is 5.40. The van der Waals surface area contributed by atoms with Gasteiger partial charge in [0, 0.05) is 18.8 Å². The lowest BCUT2D eigenvalue weighted by molar-refractivity contribution is 0.339. The third kappa shape index (κ3) is 3.20. The molecule has 104 valence electrons. The number of rotatable bonds is 4. The van der Waals surface area contributed by atoms with Crippen LogP contribution >= 0.6 is 0 Å². The van der Waals surface area contributed by atoms with Crippen molar-refractivity contribution in [3.8, 4) is 0 Å². The third-order valence-corrected chi connectivity index (χ3v) is 4.21. The van der Waals surface area contributed by atoms with Gasteiger partial charge in [0.05, 0.1) is 0 Å². The van der Waals surface area contributed by atoms with Crippen molar-refractivity contribution in [1.82, 2.24) is 4.90 Å². The van der Waals surface area contributed by atoms with Crippen molar-refractivity contribution in [2.24, 2.45) is 0 Å². The van der Waals surface area contributed by atoms with E-state index in [2.05, 4.69) is 47.4 Å². The average molecular weight is 266 g/mol. The summed E-state index contributed by atoms with van der Waals surface area (Å²) in [6, 6.07) is 19.1. The number of hydrogen-bond donors (Lipinski definition) is 1. The highest BCUT2D eigenvalue weighted by atomic mass is 15.1. The molecule has 3 rings (SSSR count). The lowest BCUT2D eigenvalue weighted by atomic mass is 9.99. The fourth-order valence-electron chi connectivity index (χ4n) is 3.07. The molecule has 1 aliphatic heterocycles. The first-order valence-electron chi connectivity index (χ1n) is 7.43. The van der Waals surface area contributed by atoms with E-state index in [-0.39, 0.29) is 0 Å². The normalized spacial score (nSPS) is 19.3. The molecular formula is C18H22N2. The van der Waals surface area contributed by atoms with E-state index < -0.39 is 0 Å². The highest BCUT2D eigenvalue weighted by Gasteiger charge is 2.23. The maximum atomic E-state index is 5.83. The molecule has 1 atom stereocenters. The molecule has 0 saturated carbocycles. The fourth-order valence-corrected chi connectivity index (χ4v) is 3.07. The van der Waals surface area contributed by atoms with Gasteiger partial charge in [-0.15, -0.1) is 0 Å². The molecule has 1 unspecified atom stereocenters. The predicted molar refractivity (Wildman–Crippen MR) is 84.8 cm³/mol. The second-order valence-corrected chi connectivity index (χ2v) is 5.69. The van der Waals surface area contributed by atoms with E-state index in [1.807, 2.05) is 12.1 Å². The minimum Gasteiger partial charge on any atom is -0.399 e. The van der Waals surface area contributed by atoms with Crippen LogP contribution in [-0.2, 0) is 6.42 Å². The zero-order valence-corrected chi connectivity index (χ0v) is 11.8. The Bertz CT molecular complexity index is 550. The van der Waals surface area contributed by atoms with Crippen molar-refractivity contribution in [3.63, 3.8) is 0 Å². The Kier molecular flexibility index (Phi) is 4.03. The monoisotopic (exact) mass is 266 g/mol. The summed E-state index contributed by atoms with van der Waals surface area (Å²) in [5.74, 6) is 0.706. The van der Waals surface area contributed by atoms with Crippen LogP contribution in [0.5, 0.6) is 0 Å². The molecule has 2 aromatic carbocycles. The quantitative estimate of drug-likeness (QED) is 0.860. The number of anilines is 1. The molecule has 0 aromatic heterocycles. The van der Waals surface area contributed by atoms with Crippen LogP contribution in [-0.4, -0.2) is 24.5 Å². The van der Waals surface area contributed by atoms with Gasteiger partial charge in [-0.3, -0.25) is 0 Å². The molecule has 1 saturated heterocycles. The minimum absolute atomic E-state index is 0.706. The maximum absolute atomic E-state index is 5.83. The summed E-state index contributed by atoms with van der Waals surface area (Å²) in [6.45, 7) is 3.53. The number of nitrogen functional groups attached to an aromatic ring is 1. The summed E-state index contributed by atoms with van der Waals surface area (Å²) in [4.78, 5) is 2.57. The van der Waals surface area contributed by atoms with Crippen molar-refractivity contribution in [2.75, 3.05) is 25.4 Å². The lowest BCUT2D eigenvalue weighted by Crippen LogP contribution is -2.23. The van der Waals surface area contributed by atoms with Gasteiger partial charge >= 0.3 is 0 Å². The standard InChI is InChI=1S/C18H22N2/c19-18-8-4-5-15(13-18)9-11-20-12-10-17(14-20)16-6-2-1-3-7-16/h1-8,13,17H,9-12,14,19H2. The van der Waals surface area contributed by atoms with Crippen LogP contribution in [0, 0.1) is 0 Å². The summed E-state index contributed by atoms with van der Waals surface area (Å²) in [5, 5.41) is 0. The van der Waals surface area contributed by atoms with Gasteiger partial charge in [0.1, 0.15) is 0 Å². The van der Waals surface area contributed by atoms with Gasteiger partial charge in [0.25, 0.3) is 0 Å². The first-order valence-corrected chi connectivity index (χ1v) is 7.43. The largest absolute Gasteiger partial charge is 0.399 e. The Morgan fingerprint density at radius 3 is 2.70 bits per heavy atom. The number of benzene rings is 2. The molecule has 0 aliphatic carbocycles. The van der Waals surface area contributed by atoms with Gasteiger partial charge in [-0.2, -0.15) is 0 Å². The van der Waals surface area contributed by atoms with Gasteiger partial charge in [-0.25, -0.2) is 0 Å². The van der Waals surface area contributed by atoms with Gasteiger partial charge in [-0.05, 0) is 48.6 Å². The molecule has 1 aliphatic rings. The van der Waals surface area contributed by atoms with Crippen LogP contribution < -0.4 is 5.73 Å². The van der Waals surface area contributed by atoms with Crippen LogP contribution in [0.1, 0.15) is 23.5 Å². The van der Waals surface area contributed by atoms with Crippen molar-refractivity contribution in [2.45, 2.75) is 18.8 Å². The summed E-state index contributed by atoms with van der Waals surface area (Å²) in [6.07, 6.45) is 2.37. The zero-order chi connectivity index (χ0) is 13.8. The molecule has 0 spiro atoms. The van der Waals surface area contributed by atoms with E-state index in [1.165, 1.54) is 30.6 Å². The smallest absolute Gasteiger partial charge is 0.0316 e. The van der Waals surface area contributed by atoms with Crippen LogP contribution in [0.4, 0.5) is 5.69 Å². The lowest BCUT2D eigenvalue weighted by Gasteiger charge is -2.16. The molecule has 20 heavy (non-hydrogen) atoms. The molecule has 2 N–H and O–H groups in total. The molecule has 0 bridgehead atoms. The second kappa shape index (κ2) is 6.10. The van der Waals surface area contributed by atoms with Crippen molar-refractivity contribution >= 4 is 5.69 Å². The number of likely N-dealkylation sites (tertiary alicyclic amines) is 1. The van der Waals surface area contributed by atoms with E-state index in [4.69, 9.17) is 5.73 Å². The Labute approximate surface area is 121 Å². The predicted octanol–water partition coefficient (Wildman–Crippen LogP) is 3.30. The first-order chi connectivity index (χ1) is 9.81. The number of nitrogens with two attached hydrogens (primary N) is 1. The first kappa shape index (κ1) is 13.2. The summed E-state index contributed by atoms with van der Waals surface area (Å²) in [7, 11) is 0. The number of hydrogen-bond acceptors (Lipinski definition) is 2. The van der Waals surface area contributed by atoms with Crippen molar-refractivity contribution in [1.29, 1.82) is 0 Å². The Morgan fingerprint density at radius 2 is 1.90 bits per heavy atom. The second-order valence-electron chi connectivity index (χ2n) is 5.69. The molecule has 2 nitrogen and oxygen atoms in total. The maximum Gasteiger partial charge on any atom is 0.0316 e. The zero-order valence-electron chi connectivity index (χ0n) is 11.8. The molecule has 2 aromatic rings. The fraction of sp³-hybridized carbons (Fsp3) is 0.333. The molecule has 1 fully saturated rings. The van der Waals surface area contributed by atoms with E-state index in [9.17, 15) is 0 Å². The van der Waals surface area contributed by atoms with E-state index >= 15 is 0 Å². The summed E-state index contributed by atoms with van der Waals surface area (Å²) < 4.78 is 0. The Hall–Kier alpha value is -1.80. The third-order valence-electron chi connectivity index (χ3n) is 4.21.